The van der Waals surface area contributed by atoms with Crippen LogP contribution in [0.3, 0.4) is 0 Å². The van der Waals surface area contributed by atoms with Gasteiger partial charge in [-0.2, -0.15) is 0 Å². The summed E-state index contributed by atoms with van der Waals surface area (Å²) < 4.78 is 1.77. The molecule has 7 nitrogen and oxygen atoms in total. The number of anilines is 1. The molecule has 0 saturated carbocycles. The van der Waals surface area contributed by atoms with Crippen LogP contribution in [0.4, 0.5) is 5.82 Å². The van der Waals surface area contributed by atoms with Crippen molar-refractivity contribution in [2.45, 2.75) is 20.4 Å². The maximum Gasteiger partial charge on any atom is 0.251 e. The van der Waals surface area contributed by atoms with Gasteiger partial charge >= 0.3 is 0 Å². The number of carbonyl (C=O) groups excluding carboxylic acids is 1. The maximum absolute atomic E-state index is 12.1. The summed E-state index contributed by atoms with van der Waals surface area (Å²) in [5.41, 5.74) is 1.38. The predicted octanol–water partition coefficient (Wildman–Crippen LogP) is 0.880. The van der Waals surface area contributed by atoms with Crippen LogP contribution < -0.4 is 10.6 Å². The van der Waals surface area contributed by atoms with Gasteiger partial charge in [0.25, 0.3) is 5.91 Å². The summed E-state index contributed by atoms with van der Waals surface area (Å²) in [6.45, 7) is 4.95. The molecule has 0 unspecified atom stereocenters. The molecule has 0 fully saturated rings. The summed E-state index contributed by atoms with van der Waals surface area (Å²) in [5, 5.41) is 13.6. The summed E-state index contributed by atoms with van der Waals surface area (Å²) in [7, 11) is 1.83. The lowest BCUT2D eigenvalue weighted by atomic mass is 10.2. The van der Waals surface area contributed by atoms with E-state index in [1.54, 1.807) is 23.0 Å². The fourth-order valence-corrected chi connectivity index (χ4v) is 1.80. The Morgan fingerprint density at radius 3 is 2.85 bits per heavy atom. The smallest absolute Gasteiger partial charge is 0.251 e. The second-order valence-electron chi connectivity index (χ2n) is 4.45. The van der Waals surface area contributed by atoms with Crippen molar-refractivity contribution in [3.8, 4) is 0 Å². The van der Waals surface area contributed by atoms with Crippen molar-refractivity contribution < 1.29 is 4.79 Å². The third-order valence-electron chi connectivity index (χ3n) is 2.79. The standard InChI is InChI=1S/C13H18N6O/c1-4-14-11-6-10(5-9(2)17-11)13(20)15-7-12-18-16-8-19(12)3/h5-6,8H,4,7H2,1-3H3,(H,14,17)(H,15,20). The average Bonchev–Trinajstić information content (AvgIpc) is 2.81. The number of amides is 1. The van der Waals surface area contributed by atoms with E-state index in [-0.39, 0.29) is 5.91 Å². The molecule has 7 heteroatoms. The molecule has 2 rings (SSSR count). The SMILES string of the molecule is CCNc1cc(C(=O)NCc2nncn2C)cc(C)n1. The van der Waals surface area contributed by atoms with E-state index in [4.69, 9.17) is 0 Å². The van der Waals surface area contributed by atoms with Crippen LogP contribution in [0.5, 0.6) is 0 Å². The lowest BCUT2D eigenvalue weighted by Gasteiger charge is -2.08. The Balaban J connectivity index is 2.07. The molecule has 2 aromatic rings. The number of hydrogen-bond donors (Lipinski definition) is 2. The molecule has 0 aliphatic rings. The van der Waals surface area contributed by atoms with Crippen molar-refractivity contribution in [3.63, 3.8) is 0 Å². The molecule has 20 heavy (non-hydrogen) atoms. The van der Waals surface area contributed by atoms with E-state index in [0.29, 0.717) is 23.8 Å². The Hall–Kier alpha value is -2.44. The second kappa shape index (κ2) is 6.14. The molecular weight excluding hydrogens is 256 g/mol. The summed E-state index contributed by atoms with van der Waals surface area (Å²) >= 11 is 0. The number of hydrogen-bond acceptors (Lipinski definition) is 5. The third kappa shape index (κ3) is 3.31. The Morgan fingerprint density at radius 1 is 1.40 bits per heavy atom. The van der Waals surface area contributed by atoms with E-state index < -0.39 is 0 Å². The van der Waals surface area contributed by atoms with Gasteiger partial charge in [-0.3, -0.25) is 4.79 Å². The Kier molecular flexibility index (Phi) is 4.29. The molecule has 2 N–H and O–H groups in total. The highest BCUT2D eigenvalue weighted by atomic mass is 16.1. The Morgan fingerprint density at radius 2 is 2.20 bits per heavy atom. The zero-order valence-corrected chi connectivity index (χ0v) is 11.8. The monoisotopic (exact) mass is 274 g/mol. The summed E-state index contributed by atoms with van der Waals surface area (Å²) in [6, 6.07) is 3.50. The summed E-state index contributed by atoms with van der Waals surface area (Å²) in [5.74, 6) is 1.25. The lowest BCUT2D eigenvalue weighted by molar-refractivity contribution is 0.0949. The van der Waals surface area contributed by atoms with Crippen molar-refractivity contribution in [2.75, 3.05) is 11.9 Å². The van der Waals surface area contributed by atoms with Crippen molar-refractivity contribution in [1.29, 1.82) is 0 Å². The molecule has 0 aliphatic carbocycles. The number of rotatable bonds is 5. The summed E-state index contributed by atoms with van der Waals surface area (Å²) in [6.07, 6.45) is 1.60. The van der Waals surface area contributed by atoms with Gasteiger partial charge < -0.3 is 15.2 Å². The normalized spacial score (nSPS) is 10.3. The van der Waals surface area contributed by atoms with Gasteiger partial charge in [-0.25, -0.2) is 4.98 Å². The van der Waals surface area contributed by atoms with E-state index in [9.17, 15) is 4.79 Å². The topological polar surface area (TPSA) is 84.7 Å². The molecule has 2 aromatic heterocycles. The number of pyridine rings is 1. The van der Waals surface area contributed by atoms with Gasteiger partial charge in [-0.1, -0.05) is 0 Å². The van der Waals surface area contributed by atoms with Crippen LogP contribution in [0, 0.1) is 6.92 Å². The largest absolute Gasteiger partial charge is 0.370 e. The van der Waals surface area contributed by atoms with E-state index in [1.165, 1.54) is 0 Å². The van der Waals surface area contributed by atoms with Gasteiger partial charge in [0.1, 0.15) is 12.1 Å². The average molecular weight is 274 g/mol. The molecule has 0 atom stereocenters. The van der Waals surface area contributed by atoms with Gasteiger partial charge in [0.15, 0.2) is 5.82 Å². The zero-order chi connectivity index (χ0) is 14.5. The Bertz CT molecular complexity index is 607. The molecule has 0 saturated heterocycles. The zero-order valence-electron chi connectivity index (χ0n) is 11.8. The first-order valence-electron chi connectivity index (χ1n) is 6.43. The van der Waals surface area contributed by atoms with Crippen LogP contribution in [0.1, 0.15) is 28.8 Å². The van der Waals surface area contributed by atoms with Crippen LogP contribution >= 0.6 is 0 Å². The molecule has 0 aromatic carbocycles. The minimum atomic E-state index is -0.155. The van der Waals surface area contributed by atoms with Crippen molar-refractivity contribution in [3.05, 3.63) is 35.5 Å². The fraction of sp³-hybridized carbons (Fsp3) is 0.385. The molecule has 0 spiro atoms. The number of nitrogens with one attached hydrogen (secondary N) is 2. The molecule has 1 amide bonds. The number of aromatic nitrogens is 4. The van der Waals surface area contributed by atoms with Crippen LogP contribution in [-0.4, -0.2) is 32.2 Å². The Labute approximate surface area is 117 Å². The van der Waals surface area contributed by atoms with Crippen LogP contribution in [0.15, 0.2) is 18.5 Å². The maximum atomic E-state index is 12.1. The van der Waals surface area contributed by atoms with Gasteiger partial charge in [-0.05, 0) is 26.0 Å². The van der Waals surface area contributed by atoms with Gasteiger partial charge in [0.2, 0.25) is 0 Å². The number of aryl methyl sites for hydroxylation is 2. The minimum Gasteiger partial charge on any atom is -0.370 e. The van der Waals surface area contributed by atoms with Crippen molar-refractivity contribution in [2.24, 2.45) is 7.05 Å². The highest BCUT2D eigenvalue weighted by Crippen LogP contribution is 2.10. The van der Waals surface area contributed by atoms with E-state index >= 15 is 0 Å². The summed E-state index contributed by atoms with van der Waals surface area (Å²) in [4.78, 5) is 16.4. The molecule has 2 heterocycles. The molecule has 0 radical (unpaired) electrons. The molecular formula is C13H18N6O. The fourth-order valence-electron chi connectivity index (χ4n) is 1.80. The first-order chi connectivity index (χ1) is 9.60. The first kappa shape index (κ1) is 14.0. The number of carbonyl (C=O) groups is 1. The van der Waals surface area contributed by atoms with Crippen molar-refractivity contribution in [1.82, 2.24) is 25.1 Å². The highest BCUT2D eigenvalue weighted by molar-refractivity contribution is 5.94. The van der Waals surface area contributed by atoms with E-state index in [1.807, 2.05) is 20.9 Å². The van der Waals surface area contributed by atoms with Crippen molar-refractivity contribution >= 4 is 11.7 Å². The van der Waals surface area contributed by atoms with E-state index in [2.05, 4.69) is 25.8 Å². The molecule has 0 aliphatic heterocycles. The molecule has 0 bridgehead atoms. The van der Waals surface area contributed by atoms with E-state index in [0.717, 1.165) is 12.2 Å². The lowest BCUT2D eigenvalue weighted by Crippen LogP contribution is -2.24. The van der Waals surface area contributed by atoms with Gasteiger partial charge in [0.05, 0.1) is 6.54 Å². The van der Waals surface area contributed by atoms with Crippen LogP contribution in [0.2, 0.25) is 0 Å². The van der Waals surface area contributed by atoms with Gasteiger partial charge in [-0.15, -0.1) is 10.2 Å². The highest BCUT2D eigenvalue weighted by Gasteiger charge is 2.09. The molecule has 106 valence electrons. The van der Waals surface area contributed by atoms with Gasteiger partial charge in [0, 0.05) is 24.8 Å². The van der Waals surface area contributed by atoms with Crippen LogP contribution in [-0.2, 0) is 13.6 Å². The first-order valence-corrected chi connectivity index (χ1v) is 6.43. The van der Waals surface area contributed by atoms with Crippen LogP contribution in [0.25, 0.3) is 0 Å². The second-order valence-corrected chi connectivity index (χ2v) is 4.45. The third-order valence-corrected chi connectivity index (χ3v) is 2.79. The quantitative estimate of drug-likeness (QED) is 0.845. The number of nitrogens with zero attached hydrogens (tertiary/aromatic N) is 4. The minimum absolute atomic E-state index is 0.155. The predicted molar refractivity (Wildman–Crippen MR) is 75.3 cm³/mol.